The Hall–Kier alpha value is -3.06. The van der Waals surface area contributed by atoms with E-state index in [4.69, 9.17) is 4.74 Å². The Labute approximate surface area is 191 Å². The minimum absolute atomic E-state index is 0.0522. The summed E-state index contributed by atoms with van der Waals surface area (Å²) in [4.78, 5) is 19.0. The Kier molecular flexibility index (Phi) is 8.92. The number of methoxy groups -OCH3 is 1. The maximum absolute atomic E-state index is 12.1. The van der Waals surface area contributed by atoms with Crippen LogP contribution in [0.3, 0.4) is 0 Å². The van der Waals surface area contributed by atoms with Crippen molar-refractivity contribution in [3.63, 3.8) is 0 Å². The number of aliphatic imine (C=N–C) groups is 1. The van der Waals surface area contributed by atoms with Crippen molar-refractivity contribution in [3.05, 3.63) is 65.2 Å². The molecule has 0 bridgehead atoms. The van der Waals surface area contributed by atoms with E-state index >= 15 is 0 Å². The molecule has 7 nitrogen and oxygen atoms in total. The van der Waals surface area contributed by atoms with Crippen molar-refractivity contribution in [2.45, 2.75) is 32.4 Å². The summed E-state index contributed by atoms with van der Waals surface area (Å²) >= 11 is 0. The fourth-order valence-electron chi connectivity index (χ4n) is 4.04. The number of hydrogen-bond donors (Lipinski definition) is 3. The van der Waals surface area contributed by atoms with Crippen LogP contribution in [0, 0.1) is 0 Å². The molecule has 172 valence electrons. The SMILES string of the molecule is CCNC(=O)c1cccc(CNC(=NC)NCC(c2cccc(OC)c2)N2CCCC2)c1. The smallest absolute Gasteiger partial charge is 0.251 e. The number of amides is 1. The normalized spacial score (nSPS) is 15.3. The topological polar surface area (TPSA) is 78.0 Å². The zero-order chi connectivity index (χ0) is 22.8. The minimum atomic E-state index is -0.0522. The molecule has 1 unspecified atom stereocenters. The molecule has 1 saturated heterocycles. The molecule has 0 spiro atoms. The first-order valence-corrected chi connectivity index (χ1v) is 11.3. The van der Waals surface area contributed by atoms with E-state index in [-0.39, 0.29) is 11.9 Å². The molecule has 3 rings (SSSR count). The average Bonchev–Trinajstić information content (AvgIpc) is 3.36. The Morgan fingerprint density at radius 3 is 2.59 bits per heavy atom. The van der Waals surface area contributed by atoms with Crippen LogP contribution in [-0.2, 0) is 6.54 Å². The monoisotopic (exact) mass is 437 g/mol. The van der Waals surface area contributed by atoms with Gasteiger partial charge in [-0.1, -0.05) is 24.3 Å². The van der Waals surface area contributed by atoms with E-state index in [2.05, 4.69) is 38.0 Å². The van der Waals surface area contributed by atoms with Crippen LogP contribution in [-0.4, -0.2) is 57.1 Å². The number of nitrogens with zero attached hydrogens (tertiary/aromatic N) is 2. The van der Waals surface area contributed by atoms with Gasteiger partial charge in [-0.15, -0.1) is 0 Å². The Bertz CT molecular complexity index is 909. The first-order valence-electron chi connectivity index (χ1n) is 11.3. The van der Waals surface area contributed by atoms with Gasteiger partial charge in [0.05, 0.1) is 13.2 Å². The Morgan fingerprint density at radius 1 is 1.09 bits per heavy atom. The first kappa shape index (κ1) is 23.6. The summed E-state index contributed by atoms with van der Waals surface area (Å²) in [5, 5.41) is 9.69. The van der Waals surface area contributed by atoms with Gasteiger partial charge in [0.1, 0.15) is 5.75 Å². The highest BCUT2D eigenvalue weighted by Crippen LogP contribution is 2.27. The van der Waals surface area contributed by atoms with E-state index in [0.29, 0.717) is 18.7 Å². The van der Waals surface area contributed by atoms with E-state index in [1.807, 2.05) is 43.3 Å². The fraction of sp³-hybridized carbons (Fsp3) is 0.440. The predicted octanol–water partition coefficient (Wildman–Crippen LogP) is 2.95. The first-order chi connectivity index (χ1) is 15.6. The third-order valence-electron chi connectivity index (χ3n) is 5.73. The van der Waals surface area contributed by atoms with Crippen LogP contribution in [0.15, 0.2) is 53.5 Å². The lowest BCUT2D eigenvalue weighted by atomic mass is 10.1. The highest BCUT2D eigenvalue weighted by atomic mass is 16.5. The van der Waals surface area contributed by atoms with Gasteiger partial charge in [-0.3, -0.25) is 14.7 Å². The maximum atomic E-state index is 12.1. The van der Waals surface area contributed by atoms with Crippen molar-refractivity contribution in [2.75, 3.05) is 40.3 Å². The molecule has 1 atom stereocenters. The van der Waals surface area contributed by atoms with Gasteiger partial charge in [-0.2, -0.15) is 0 Å². The molecule has 3 N–H and O–H groups in total. The predicted molar refractivity (Wildman–Crippen MR) is 129 cm³/mol. The van der Waals surface area contributed by atoms with Crippen LogP contribution in [0.1, 0.15) is 47.3 Å². The standard InChI is InChI=1S/C25H35N5O2/c1-4-27-24(31)21-11-7-9-19(15-21)17-28-25(26-2)29-18-23(30-13-5-6-14-30)20-10-8-12-22(16-20)32-3/h7-12,15-16,23H,4-6,13-14,17-18H2,1-3H3,(H,27,31)(H2,26,28,29). The van der Waals surface area contributed by atoms with Crippen LogP contribution in [0.4, 0.5) is 0 Å². The van der Waals surface area contributed by atoms with E-state index < -0.39 is 0 Å². The molecule has 1 amide bonds. The summed E-state index contributed by atoms with van der Waals surface area (Å²) in [5.74, 6) is 1.56. The van der Waals surface area contributed by atoms with Crippen LogP contribution >= 0.6 is 0 Å². The number of guanidine groups is 1. The van der Waals surface area contributed by atoms with Crippen molar-refractivity contribution in [1.29, 1.82) is 0 Å². The molecule has 1 heterocycles. The molecular formula is C25H35N5O2. The molecule has 2 aromatic carbocycles. The van der Waals surface area contributed by atoms with Gasteiger partial charge >= 0.3 is 0 Å². The van der Waals surface area contributed by atoms with Crippen LogP contribution in [0.5, 0.6) is 5.75 Å². The second-order valence-corrected chi connectivity index (χ2v) is 7.90. The lowest BCUT2D eigenvalue weighted by molar-refractivity contribution is 0.0955. The summed E-state index contributed by atoms with van der Waals surface area (Å²) in [6.45, 7) is 6.06. The molecular weight excluding hydrogens is 402 g/mol. The van der Waals surface area contributed by atoms with Crippen molar-refractivity contribution in [1.82, 2.24) is 20.9 Å². The molecule has 1 aliphatic heterocycles. The quantitative estimate of drug-likeness (QED) is 0.415. The van der Waals surface area contributed by atoms with E-state index in [0.717, 1.165) is 36.9 Å². The lowest BCUT2D eigenvalue weighted by Crippen LogP contribution is -2.42. The van der Waals surface area contributed by atoms with Crippen molar-refractivity contribution >= 4 is 11.9 Å². The third-order valence-corrected chi connectivity index (χ3v) is 5.73. The number of ether oxygens (including phenoxy) is 1. The minimum Gasteiger partial charge on any atom is -0.497 e. The number of rotatable bonds is 9. The summed E-state index contributed by atoms with van der Waals surface area (Å²) in [5.41, 5.74) is 2.94. The summed E-state index contributed by atoms with van der Waals surface area (Å²) in [6, 6.07) is 16.2. The van der Waals surface area contributed by atoms with Gasteiger partial charge in [0.25, 0.3) is 5.91 Å². The fourth-order valence-corrected chi connectivity index (χ4v) is 4.04. The zero-order valence-electron chi connectivity index (χ0n) is 19.4. The average molecular weight is 438 g/mol. The number of carbonyl (C=O) groups is 1. The second kappa shape index (κ2) is 12.1. The highest BCUT2D eigenvalue weighted by Gasteiger charge is 2.24. The number of likely N-dealkylation sites (tertiary alicyclic amines) is 1. The molecule has 0 aliphatic carbocycles. The van der Waals surface area contributed by atoms with E-state index in [9.17, 15) is 4.79 Å². The van der Waals surface area contributed by atoms with Crippen LogP contribution < -0.4 is 20.7 Å². The molecule has 1 fully saturated rings. The molecule has 2 aromatic rings. The number of hydrogen-bond acceptors (Lipinski definition) is 4. The van der Waals surface area contributed by atoms with E-state index in [1.54, 1.807) is 14.2 Å². The van der Waals surface area contributed by atoms with Gasteiger partial charge in [-0.25, -0.2) is 0 Å². The summed E-state index contributed by atoms with van der Waals surface area (Å²) < 4.78 is 5.44. The number of nitrogens with one attached hydrogen (secondary N) is 3. The summed E-state index contributed by atoms with van der Waals surface area (Å²) in [6.07, 6.45) is 2.46. The molecule has 0 aromatic heterocycles. The van der Waals surface area contributed by atoms with Gasteiger partial charge in [0, 0.05) is 32.2 Å². The zero-order valence-corrected chi connectivity index (χ0v) is 19.4. The van der Waals surface area contributed by atoms with Crippen molar-refractivity contribution < 1.29 is 9.53 Å². The summed E-state index contributed by atoms with van der Waals surface area (Å²) in [7, 11) is 3.48. The number of carbonyl (C=O) groups excluding carboxylic acids is 1. The van der Waals surface area contributed by atoms with Gasteiger partial charge in [0.15, 0.2) is 5.96 Å². The lowest BCUT2D eigenvalue weighted by Gasteiger charge is -2.29. The van der Waals surface area contributed by atoms with Crippen LogP contribution in [0.2, 0.25) is 0 Å². The van der Waals surface area contributed by atoms with Crippen LogP contribution in [0.25, 0.3) is 0 Å². The van der Waals surface area contributed by atoms with Gasteiger partial charge < -0.3 is 20.7 Å². The van der Waals surface area contributed by atoms with Crippen molar-refractivity contribution in [2.24, 2.45) is 4.99 Å². The molecule has 32 heavy (non-hydrogen) atoms. The third kappa shape index (κ3) is 6.47. The Morgan fingerprint density at radius 2 is 1.88 bits per heavy atom. The number of benzene rings is 2. The molecule has 0 radical (unpaired) electrons. The largest absolute Gasteiger partial charge is 0.497 e. The molecule has 7 heteroatoms. The molecule has 0 saturated carbocycles. The molecule has 1 aliphatic rings. The van der Waals surface area contributed by atoms with Gasteiger partial charge in [-0.05, 0) is 68.2 Å². The Balaban J connectivity index is 1.62. The van der Waals surface area contributed by atoms with Crippen molar-refractivity contribution in [3.8, 4) is 5.75 Å². The second-order valence-electron chi connectivity index (χ2n) is 7.90. The van der Waals surface area contributed by atoms with E-state index in [1.165, 1.54) is 18.4 Å². The maximum Gasteiger partial charge on any atom is 0.251 e. The van der Waals surface area contributed by atoms with Gasteiger partial charge in [0.2, 0.25) is 0 Å². The highest BCUT2D eigenvalue weighted by molar-refractivity contribution is 5.94.